The monoisotopic (exact) mass is 725 g/mol. The number of halogens is 1. The van der Waals surface area contributed by atoms with E-state index in [1.54, 1.807) is 0 Å². The summed E-state index contributed by atoms with van der Waals surface area (Å²) < 4.78 is 5.06. The zero-order valence-electron chi connectivity index (χ0n) is 31.9. The number of carboxylic acid groups (broad SMARTS) is 1. The van der Waals surface area contributed by atoms with Crippen LogP contribution in [0.2, 0.25) is 0 Å². The van der Waals surface area contributed by atoms with Gasteiger partial charge in [-0.3, -0.25) is 9.59 Å². The van der Waals surface area contributed by atoms with E-state index in [9.17, 15) is 9.59 Å². The molecule has 0 unspecified atom stereocenters. The Kier molecular flexibility index (Phi) is 67.5. The Balaban J connectivity index is -0.000000205. The van der Waals surface area contributed by atoms with Gasteiger partial charge in [0, 0.05) is 12.8 Å². The molecule has 0 aromatic heterocycles. The Labute approximate surface area is 299 Å². The van der Waals surface area contributed by atoms with Crippen LogP contribution in [0.5, 0.6) is 0 Å². The Morgan fingerprint density at radius 3 is 0.913 bits per heavy atom. The second-order valence-corrected chi connectivity index (χ2v) is 12.4. The number of esters is 1. The van der Waals surface area contributed by atoms with Crippen LogP contribution >= 0.6 is 17.0 Å². The lowest BCUT2D eigenvalue weighted by Crippen LogP contribution is -2.04. The molecule has 46 heavy (non-hydrogen) atoms. The summed E-state index contributed by atoms with van der Waals surface area (Å²) in [6.45, 7) is 12.4. The highest BCUT2D eigenvalue weighted by Gasteiger charge is 2.01. The van der Waals surface area contributed by atoms with Crippen LogP contribution < -0.4 is 11.5 Å². The summed E-state index contributed by atoms with van der Waals surface area (Å²) in [6.07, 6.45) is 36.2. The molecule has 0 aromatic rings. The van der Waals surface area contributed by atoms with E-state index in [1.807, 2.05) is 20.8 Å². The zero-order valence-corrected chi connectivity index (χ0v) is 33.6. The molecular formula is C39H85BrN2O4. The number of hydrogen-bond donors (Lipinski definition) is 3. The van der Waals surface area contributed by atoms with Gasteiger partial charge in [-0.25, -0.2) is 0 Å². The van der Waals surface area contributed by atoms with E-state index in [0.29, 0.717) is 19.4 Å². The first kappa shape index (κ1) is 54.8. The average Bonchev–Trinajstić information content (AvgIpc) is 3.01. The van der Waals surface area contributed by atoms with E-state index in [2.05, 4.69) is 13.8 Å². The molecule has 0 rings (SSSR count). The first-order valence-electron chi connectivity index (χ1n) is 19.7. The van der Waals surface area contributed by atoms with Crippen LogP contribution in [0.3, 0.4) is 0 Å². The number of carbonyl (C=O) groups excluding carboxylic acids is 1. The van der Waals surface area contributed by atoms with Crippen LogP contribution in [-0.4, -0.2) is 36.7 Å². The Hall–Kier alpha value is -0.660. The van der Waals surface area contributed by atoms with Crippen molar-refractivity contribution in [2.75, 3.05) is 19.7 Å². The number of ether oxygens (including phenoxy) is 1. The van der Waals surface area contributed by atoms with Crippen molar-refractivity contribution < 1.29 is 19.4 Å². The lowest BCUT2D eigenvalue weighted by atomic mass is 10.0. The molecule has 0 atom stereocenters. The Morgan fingerprint density at radius 2 is 0.674 bits per heavy atom. The van der Waals surface area contributed by atoms with Gasteiger partial charge in [0.1, 0.15) is 0 Å². The summed E-state index contributed by atoms with van der Waals surface area (Å²) in [7, 11) is 0. The summed E-state index contributed by atoms with van der Waals surface area (Å²) in [5.41, 5.74) is 9.69. The summed E-state index contributed by atoms with van der Waals surface area (Å²) in [5, 5.41) is 8.49. The van der Waals surface area contributed by atoms with E-state index in [1.165, 1.54) is 148 Å². The highest BCUT2D eigenvalue weighted by Crippen LogP contribution is 2.14. The van der Waals surface area contributed by atoms with E-state index in [0.717, 1.165) is 38.8 Å². The number of carboxylic acids is 1. The van der Waals surface area contributed by atoms with E-state index in [4.69, 9.17) is 21.3 Å². The molecule has 0 spiro atoms. The lowest BCUT2D eigenvalue weighted by molar-refractivity contribution is -0.143. The molecule has 0 amide bonds. The molecular weight excluding hydrogens is 640 g/mol. The quantitative estimate of drug-likeness (QED) is 0.0501. The molecule has 0 aliphatic heterocycles. The molecule has 0 aromatic carbocycles. The van der Waals surface area contributed by atoms with E-state index >= 15 is 0 Å². The second-order valence-electron chi connectivity index (χ2n) is 12.4. The van der Waals surface area contributed by atoms with Crippen LogP contribution in [0.4, 0.5) is 0 Å². The second kappa shape index (κ2) is 56.7. The van der Waals surface area contributed by atoms with Crippen molar-refractivity contribution in [1.82, 2.24) is 0 Å². The van der Waals surface area contributed by atoms with Crippen LogP contribution in [-0.2, 0) is 14.3 Å². The van der Waals surface area contributed by atoms with Crippen molar-refractivity contribution in [3.05, 3.63) is 0 Å². The minimum Gasteiger partial charge on any atom is -0.481 e. The molecule has 0 bridgehead atoms. The Morgan fingerprint density at radius 1 is 0.435 bits per heavy atom. The molecule has 0 heterocycles. The molecule has 0 saturated heterocycles. The third kappa shape index (κ3) is 69.9. The summed E-state index contributed by atoms with van der Waals surface area (Å²) in [5.74, 6) is -0.669. The van der Waals surface area contributed by atoms with Gasteiger partial charge in [-0.05, 0) is 32.4 Å². The predicted octanol–water partition coefficient (Wildman–Crippen LogP) is 12.5. The molecule has 6 nitrogen and oxygen atoms in total. The molecule has 5 N–H and O–H groups in total. The third-order valence-electron chi connectivity index (χ3n) is 7.45. The minimum atomic E-state index is -0.655. The largest absolute Gasteiger partial charge is 0.481 e. The molecule has 0 aliphatic carbocycles. The third-order valence-corrected chi connectivity index (χ3v) is 7.45. The maximum absolute atomic E-state index is 11.3. The summed E-state index contributed by atoms with van der Waals surface area (Å²) >= 11 is 0. The molecule has 282 valence electrons. The number of nitrogens with two attached hydrogens (primary N) is 2. The van der Waals surface area contributed by atoms with Crippen LogP contribution in [0.25, 0.3) is 0 Å². The number of hydrogen-bond acceptors (Lipinski definition) is 5. The highest BCUT2D eigenvalue weighted by molar-refractivity contribution is 8.93. The fourth-order valence-corrected chi connectivity index (χ4v) is 4.87. The number of carbonyl (C=O) groups is 2. The number of aliphatic carboxylic acids is 1. The maximum Gasteiger partial charge on any atom is 0.305 e. The van der Waals surface area contributed by atoms with Crippen molar-refractivity contribution in [1.29, 1.82) is 0 Å². The minimum absolute atomic E-state index is 0. The predicted molar refractivity (Wildman–Crippen MR) is 209 cm³/mol. The average molecular weight is 726 g/mol. The maximum atomic E-state index is 11.3. The number of unbranched alkanes of at least 4 members (excludes halogenated alkanes) is 24. The van der Waals surface area contributed by atoms with Gasteiger partial charge in [-0.1, -0.05) is 189 Å². The van der Waals surface area contributed by atoms with Gasteiger partial charge in [0.25, 0.3) is 0 Å². The van der Waals surface area contributed by atoms with Gasteiger partial charge in [0.2, 0.25) is 0 Å². The summed E-state index contributed by atoms with van der Waals surface area (Å²) in [4.78, 5) is 21.6. The highest BCUT2D eigenvalue weighted by atomic mass is 79.9. The number of rotatable bonds is 30. The Bertz CT molecular complexity index is 522. The standard InChI is InChI=1S/C19H38O2.C16H32O2.2C2H7N.BrH/c1-3-5-6-7-8-9-10-11-12-13-14-15-16-17-19(20)21-18-4-2;1-2-3-4-5-6-7-8-9-10-11-12-13-14-15-16(17)18;2*1-2-3;/h3-18H2,1-2H3;2-15H2,1H3,(H,17,18);2*2-3H2,1H3;1H. The van der Waals surface area contributed by atoms with Crippen molar-refractivity contribution in [2.24, 2.45) is 11.5 Å². The first-order chi connectivity index (χ1) is 21.9. The van der Waals surface area contributed by atoms with Crippen LogP contribution in [0.1, 0.15) is 221 Å². The molecule has 0 saturated carbocycles. The van der Waals surface area contributed by atoms with Gasteiger partial charge in [-0.2, -0.15) is 0 Å². The molecule has 7 heteroatoms. The topological polar surface area (TPSA) is 116 Å². The fraction of sp³-hybridized carbons (Fsp3) is 0.949. The van der Waals surface area contributed by atoms with Gasteiger partial charge in [-0.15, -0.1) is 17.0 Å². The normalized spacial score (nSPS) is 9.89. The van der Waals surface area contributed by atoms with Crippen molar-refractivity contribution in [3.63, 3.8) is 0 Å². The van der Waals surface area contributed by atoms with Gasteiger partial charge in [0.15, 0.2) is 0 Å². The van der Waals surface area contributed by atoms with Crippen molar-refractivity contribution in [2.45, 2.75) is 221 Å². The molecule has 0 radical (unpaired) electrons. The SMILES string of the molecule is Br.CCCCCCCCCCCCCCCC(=O)O.CCCCCCCCCCCCCCCC(=O)OCCC.CCN.CCN. The van der Waals surface area contributed by atoms with Gasteiger partial charge in [0.05, 0.1) is 6.61 Å². The van der Waals surface area contributed by atoms with E-state index in [-0.39, 0.29) is 23.0 Å². The smallest absolute Gasteiger partial charge is 0.305 e. The zero-order chi connectivity index (χ0) is 34.5. The van der Waals surface area contributed by atoms with Crippen LogP contribution in [0, 0.1) is 0 Å². The van der Waals surface area contributed by atoms with Crippen molar-refractivity contribution >= 4 is 28.9 Å². The van der Waals surface area contributed by atoms with Gasteiger partial charge < -0.3 is 21.3 Å². The lowest BCUT2D eigenvalue weighted by Gasteiger charge is -2.04. The first-order valence-corrected chi connectivity index (χ1v) is 19.7. The molecule has 0 aliphatic rings. The molecule has 0 fully saturated rings. The summed E-state index contributed by atoms with van der Waals surface area (Å²) in [6, 6.07) is 0. The van der Waals surface area contributed by atoms with Gasteiger partial charge >= 0.3 is 11.9 Å². The van der Waals surface area contributed by atoms with Crippen LogP contribution in [0.15, 0.2) is 0 Å². The van der Waals surface area contributed by atoms with Crippen molar-refractivity contribution in [3.8, 4) is 0 Å². The van der Waals surface area contributed by atoms with E-state index < -0.39 is 5.97 Å². The fourth-order valence-electron chi connectivity index (χ4n) is 4.87.